The van der Waals surface area contributed by atoms with E-state index < -0.39 is 26.8 Å². The number of sulfone groups is 1. The second-order valence-corrected chi connectivity index (χ2v) is 6.69. The number of rotatable bonds is 2. The molecule has 0 bridgehead atoms. The first-order valence-corrected chi connectivity index (χ1v) is 7.30. The van der Waals surface area contributed by atoms with Gasteiger partial charge in [0.05, 0.1) is 16.6 Å². The Bertz CT molecular complexity index is 719. The quantitative estimate of drug-likeness (QED) is 0.925. The highest BCUT2D eigenvalue weighted by Gasteiger charge is 2.31. The molecule has 1 heterocycles. The van der Waals surface area contributed by atoms with E-state index in [2.05, 4.69) is 9.97 Å². The van der Waals surface area contributed by atoms with E-state index >= 15 is 0 Å². The van der Waals surface area contributed by atoms with Crippen molar-refractivity contribution in [2.45, 2.75) is 18.3 Å². The van der Waals surface area contributed by atoms with Crippen molar-refractivity contribution in [3.05, 3.63) is 29.6 Å². The van der Waals surface area contributed by atoms with Gasteiger partial charge in [-0.05, 0) is 25.1 Å². The minimum absolute atomic E-state index is 0.136. The van der Waals surface area contributed by atoms with Crippen molar-refractivity contribution in [3.8, 4) is 0 Å². The number of H-pyrrole nitrogens is 1. The van der Waals surface area contributed by atoms with E-state index in [0.717, 1.165) is 18.4 Å². The molecule has 104 valence electrons. The summed E-state index contributed by atoms with van der Waals surface area (Å²) >= 11 is 0. The highest BCUT2D eigenvalue weighted by Crippen LogP contribution is 2.31. The number of fused-ring (bicyclic) bond motifs is 1. The Labute approximate surface area is 107 Å². The summed E-state index contributed by atoms with van der Waals surface area (Å²) in [5, 5.41) is -0.894. The zero-order valence-corrected chi connectivity index (χ0v) is 10.9. The molecule has 0 saturated carbocycles. The van der Waals surface area contributed by atoms with Gasteiger partial charge < -0.3 is 4.98 Å². The largest absolute Gasteiger partial charge is 0.416 e. The van der Waals surface area contributed by atoms with Gasteiger partial charge in [-0.15, -0.1) is 0 Å². The number of nitrogens with one attached hydrogen (secondary N) is 1. The molecular weight excluding hydrogens is 281 g/mol. The second-order valence-electron chi connectivity index (χ2n) is 4.32. The number of hydrogen-bond acceptors (Lipinski definition) is 3. The van der Waals surface area contributed by atoms with Gasteiger partial charge in [0.1, 0.15) is 11.1 Å². The molecule has 0 spiro atoms. The molecule has 0 saturated heterocycles. The number of imidazole rings is 1. The predicted molar refractivity (Wildman–Crippen MR) is 64.4 cm³/mol. The summed E-state index contributed by atoms with van der Waals surface area (Å²) in [6.45, 7) is 1.43. The van der Waals surface area contributed by atoms with Gasteiger partial charge in [-0.2, -0.15) is 13.2 Å². The zero-order chi connectivity index (χ0) is 14.4. The predicted octanol–water partition coefficient (Wildman–Crippen LogP) is 2.69. The highest BCUT2D eigenvalue weighted by molar-refractivity contribution is 7.90. The van der Waals surface area contributed by atoms with Gasteiger partial charge in [-0.25, -0.2) is 13.4 Å². The lowest BCUT2D eigenvalue weighted by atomic mass is 10.2. The minimum atomic E-state index is -4.44. The average Bonchev–Trinajstić information content (AvgIpc) is 2.67. The Morgan fingerprint density at radius 3 is 2.47 bits per heavy atom. The molecule has 4 nitrogen and oxygen atoms in total. The number of nitrogens with zero attached hydrogens (tertiary/aromatic N) is 1. The van der Waals surface area contributed by atoms with E-state index in [1.54, 1.807) is 0 Å². The Kier molecular flexibility index (Phi) is 3.08. The number of aromatic amines is 1. The first-order valence-electron chi connectivity index (χ1n) is 5.35. The third-order valence-electron chi connectivity index (χ3n) is 2.85. The average molecular weight is 292 g/mol. The summed E-state index contributed by atoms with van der Waals surface area (Å²) in [6.07, 6.45) is -3.39. The normalized spacial score (nSPS) is 14.8. The van der Waals surface area contributed by atoms with Crippen molar-refractivity contribution in [2.24, 2.45) is 0 Å². The first-order chi connectivity index (χ1) is 8.59. The molecule has 19 heavy (non-hydrogen) atoms. The number of aromatic nitrogens is 2. The molecule has 0 aliphatic heterocycles. The third-order valence-corrected chi connectivity index (χ3v) is 4.36. The van der Waals surface area contributed by atoms with Crippen LogP contribution in [0.25, 0.3) is 11.0 Å². The Morgan fingerprint density at radius 2 is 1.95 bits per heavy atom. The van der Waals surface area contributed by atoms with Crippen LogP contribution in [0.5, 0.6) is 0 Å². The number of hydrogen-bond donors (Lipinski definition) is 1. The van der Waals surface area contributed by atoms with Crippen molar-refractivity contribution in [1.82, 2.24) is 9.97 Å². The number of halogens is 3. The summed E-state index contributed by atoms with van der Waals surface area (Å²) in [5.74, 6) is 0.136. The summed E-state index contributed by atoms with van der Waals surface area (Å²) in [4.78, 5) is 6.62. The molecule has 0 fully saturated rings. The van der Waals surface area contributed by atoms with Crippen molar-refractivity contribution in [2.75, 3.05) is 6.26 Å². The summed E-state index contributed by atoms with van der Waals surface area (Å²) in [7, 11) is -3.36. The first kappa shape index (κ1) is 13.9. The molecule has 0 amide bonds. The van der Waals surface area contributed by atoms with Crippen molar-refractivity contribution in [1.29, 1.82) is 0 Å². The van der Waals surface area contributed by atoms with Crippen LogP contribution in [0.4, 0.5) is 13.2 Å². The van der Waals surface area contributed by atoms with E-state index in [-0.39, 0.29) is 11.3 Å². The molecule has 1 N–H and O–H groups in total. The maximum absolute atomic E-state index is 12.5. The van der Waals surface area contributed by atoms with Crippen LogP contribution >= 0.6 is 0 Å². The van der Waals surface area contributed by atoms with Crippen LogP contribution in [-0.2, 0) is 16.0 Å². The van der Waals surface area contributed by atoms with Crippen LogP contribution in [0, 0.1) is 0 Å². The molecule has 2 rings (SSSR count). The number of benzene rings is 1. The molecule has 0 radical (unpaired) electrons. The Hall–Kier alpha value is -1.57. The van der Waals surface area contributed by atoms with Gasteiger partial charge in [0, 0.05) is 6.26 Å². The van der Waals surface area contributed by atoms with Gasteiger partial charge in [-0.1, -0.05) is 0 Å². The van der Waals surface area contributed by atoms with E-state index in [1.807, 2.05) is 0 Å². The van der Waals surface area contributed by atoms with Crippen LogP contribution in [0.3, 0.4) is 0 Å². The maximum Gasteiger partial charge on any atom is 0.416 e. The smallest absolute Gasteiger partial charge is 0.341 e. The van der Waals surface area contributed by atoms with Gasteiger partial charge >= 0.3 is 6.18 Å². The lowest BCUT2D eigenvalue weighted by Gasteiger charge is -2.05. The SMILES string of the molecule is CC(c1nc2ccc(C(F)(F)F)cc2[nH]1)S(C)(=O)=O. The van der Waals surface area contributed by atoms with Gasteiger partial charge in [0.15, 0.2) is 9.84 Å². The van der Waals surface area contributed by atoms with Crippen molar-refractivity contribution < 1.29 is 21.6 Å². The fourth-order valence-corrected chi connectivity index (χ4v) is 2.12. The van der Waals surface area contributed by atoms with Crippen LogP contribution in [-0.4, -0.2) is 24.6 Å². The van der Waals surface area contributed by atoms with Crippen LogP contribution in [0.15, 0.2) is 18.2 Å². The Balaban J connectivity index is 2.53. The summed E-state index contributed by atoms with van der Waals surface area (Å²) in [5.41, 5.74) is -0.332. The molecule has 1 unspecified atom stereocenters. The fourth-order valence-electron chi connectivity index (χ4n) is 1.60. The third kappa shape index (κ3) is 2.73. The summed E-state index contributed by atoms with van der Waals surface area (Å²) < 4.78 is 60.4. The lowest BCUT2D eigenvalue weighted by molar-refractivity contribution is -0.137. The number of alkyl halides is 3. The van der Waals surface area contributed by atoms with Crippen molar-refractivity contribution in [3.63, 3.8) is 0 Å². The van der Waals surface area contributed by atoms with Gasteiger partial charge in [-0.3, -0.25) is 0 Å². The Morgan fingerprint density at radius 1 is 1.32 bits per heavy atom. The molecule has 1 aromatic carbocycles. The van der Waals surface area contributed by atoms with Crippen molar-refractivity contribution >= 4 is 20.9 Å². The van der Waals surface area contributed by atoms with Crippen LogP contribution in [0.2, 0.25) is 0 Å². The minimum Gasteiger partial charge on any atom is -0.341 e. The van der Waals surface area contributed by atoms with E-state index in [0.29, 0.717) is 5.52 Å². The second kappa shape index (κ2) is 4.22. The lowest BCUT2D eigenvalue weighted by Crippen LogP contribution is -2.09. The standard InChI is InChI=1S/C11H11F3N2O2S/c1-6(19(2,17)18)10-15-8-4-3-7(11(12,13)14)5-9(8)16-10/h3-6H,1-2H3,(H,15,16). The van der Waals surface area contributed by atoms with Crippen LogP contribution in [0.1, 0.15) is 23.6 Å². The monoisotopic (exact) mass is 292 g/mol. The maximum atomic E-state index is 12.5. The molecule has 1 atom stereocenters. The molecule has 0 aliphatic rings. The fraction of sp³-hybridized carbons (Fsp3) is 0.364. The molecular formula is C11H11F3N2O2S. The van der Waals surface area contributed by atoms with Crippen LogP contribution < -0.4 is 0 Å². The molecule has 1 aromatic heterocycles. The highest BCUT2D eigenvalue weighted by atomic mass is 32.2. The molecule has 0 aliphatic carbocycles. The van der Waals surface area contributed by atoms with Gasteiger partial charge in [0.2, 0.25) is 0 Å². The molecule has 8 heteroatoms. The van der Waals surface area contributed by atoms with E-state index in [9.17, 15) is 21.6 Å². The zero-order valence-electron chi connectivity index (χ0n) is 10.1. The van der Waals surface area contributed by atoms with Gasteiger partial charge in [0.25, 0.3) is 0 Å². The van der Waals surface area contributed by atoms with E-state index in [1.165, 1.54) is 13.0 Å². The topological polar surface area (TPSA) is 62.8 Å². The van der Waals surface area contributed by atoms with E-state index in [4.69, 9.17) is 0 Å². The summed E-state index contributed by atoms with van der Waals surface area (Å²) in [6, 6.07) is 3.05. The molecule has 2 aromatic rings.